The average Bonchev–Trinajstić information content (AvgIpc) is 3.11. The van der Waals surface area contributed by atoms with Gasteiger partial charge in [-0.1, -0.05) is 38.8 Å². The van der Waals surface area contributed by atoms with Crippen LogP contribution in [0, 0.1) is 0 Å². The Balaban J connectivity index is 1.75. The van der Waals surface area contributed by atoms with Gasteiger partial charge in [0.2, 0.25) is 0 Å². The van der Waals surface area contributed by atoms with Crippen molar-refractivity contribution in [3.05, 3.63) is 58.7 Å². The van der Waals surface area contributed by atoms with Gasteiger partial charge in [0, 0.05) is 12.1 Å². The van der Waals surface area contributed by atoms with Gasteiger partial charge in [-0.15, -0.1) is 0 Å². The minimum absolute atomic E-state index is 0.00574. The van der Waals surface area contributed by atoms with Crippen LogP contribution in [-0.4, -0.2) is 52.6 Å². The number of benzene rings is 2. The Labute approximate surface area is 239 Å². The van der Waals surface area contributed by atoms with Crippen LogP contribution < -0.4 is 10.1 Å². The fraction of sp³-hybridized carbons (Fsp3) is 0.517. The number of imide groups is 1. The molecule has 232 valence electrons. The lowest BCUT2D eigenvalue weighted by molar-refractivity contribution is -0.376. The molecule has 1 aliphatic rings. The zero-order valence-electron chi connectivity index (χ0n) is 23.5. The highest BCUT2D eigenvalue weighted by atomic mass is 19.4. The highest BCUT2D eigenvalue weighted by molar-refractivity contribution is 6.07. The van der Waals surface area contributed by atoms with Crippen LogP contribution in [0.3, 0.4) is 0 Å². The Morgan fingerprint density at radius 1 is 0.905 bits per heavy atom. The number of nitrogens with zero attached hydrogens (tertiary/aromatic N) is 1. The van der Waals surface area contributed by atoms with E-state index in [1.165, 1.54) is 24.3 Å². The first-order chi connectivity index (χ1) is 19.5. The molecule has 0 bridgehead atoms. The molecule has 2 aromatic rings. The highest BCUT2D eigenvalue weighted by Gasteiger charge is 2.71. The Kier molecular flexibility index (Phi) is 9.75. The van der Waals surface area contributed by atoms with E-state index in [9.17, 15) is 46.1 Å². The third-order valence-corrected chi connectivity index (χ3v) is 7.26. The molecule has 2 aromatic carbocycles. The highest BCUT2D eigenvalue weighted by Crippen LogP contribution is 2.51. The number of amides is 3. The molecule has 1 saturated heterocycles. The summed E-state index contributed by atoms with van der Waals surface area (Å²) >= 11 is 0. The van der Waals surface area contributed by atoms with Gasteiger partial charge in [0.05, 0.1) is 6.61 Å². The summed E-state index contributed by atoms with van der Waals surface area (Å²) in [6, 6.07) is 6.68. The maximum Gasteiger partial charge on any atom is 0.430 e. The monoisotopic (exact) mass is 604 g/mol. The summed E-state index contributed by atoms with van der Waals surface area (Å²) in [5.41, 5.74) is -6.95. The molecule has 0 radical (unpaired) electrons. The molecular formula is C29H34F6N2O5. The first-order valence-corrected chi connectivity index (χ1v) is 13.6. The molecule has 42 heavy (non-hydrogen) atoms. The topological polar surface area (TPSA) is 99.1 Å². The Morgan fingerprint density at radius 3 is 1.90 bits per heavy atom. The molecule has 3 N–H and O–H groups in total. The van der Waals surface area contributed by atoms with Crippen LogP contribution in [0.4, 0.5) is 31.1 Å². The van der Waals surface area contributed by atoms with Gasteiger partial charge in [-0.25, -0.2) is 4.79 Å². The molecule has 13 heteroatoms. The van der Waals surface area contributed by atoms with Gasteiger partial charge in [0.25, 0.3) is 11.5 Å². The molecule has 0 spiro atoms. The SMILES string of the molecule is CCCc1cc(C(O)(C(F)(F)F)C(F)(F)F)cc(CCC)c1OCCCCN1C(=O)NC(C)(c2ccc(O)cc2)C1=O. The number of carbonyl (C=O) groups is 2. The molecule has 0 aromatic heterocycles. The van der Waals surface area contributed by atoms with Gasteiger partial charge in [0.1, 0.15) is 17.0 Å². The number of unbranched alkanes of at least 4 members (excludes halogenated alkanes) is 1. The maximum absolute atomic E-state index is 13.6. The van der Waals surface area contributed by atoms with Gasteiger partial charge in [0.15, 0.2) is 0 Å². The number of rotatable bonds is 12. The first kappa shape index (κ1) is 33.0. The fourth-order valence-corrected chi connectivity index (χ4v) is 4.98. The lowest BCUT2D eigenvalue weighted by atomic mass is 9.87. The molecule has 1 atom stereocenters. The standard InChI is InChI=1S/C29H34F6N2O5/c1-4-8-18-16-21(27(41,28(30,31)32)29(33,34)35)17-19(9-5-2)23(18)42-15-7-6-14-37-24(39)26(3,36-25(37)40)20-10-12-22(38)13-11-20/h10-13,16-17,38,41H,4-9,14-15H2,1-3H3,(H,36,40). The number of ether oxygens (including phenoxy) is 1. The minimum Gasteiger partial charge on any atom is -0.508 e. The molecule has 0 aliphatic carbocycles. The summed E-state index contributed by atoms with van der Waals surface area (Å²) in [5.74, 6) is -0.304. The van der Waals surface area contributed by atoms with Crippen molar-refractivity contribution in [2.75, 3.05) is 13.2 Å². The molecule has 1 unspecified atom stereocenters. The van der Waals surface area contributed by atoms with Gasteiger partial charge >= 0.3 is 18.4 Å². The lowest BCUT2D eigenvalue weighted by Gasteiger charge is -2.33. The van der Waals surface area contributed by atoms with E-state index in [2.05, 4.69) is 5.32 Å². The second-order valence-corrected chi connectivity index (χ2v) is 10.4. The van der Waals surface area contributed by atoms with E-state index in [4.69, 9.17) is 4.74 Å². The van der Waals surface area contributed by atoms with Crippen LogP contribution in [0.15, 0.2) is 36.4 Å². The molecule has 1 aliphatic heterocycles. The summed E-state index contributed by atoms with van der Waals surface area (Å²) in [7, 11) is 0. The van der Waals surface area contributed by atoms with Crippen molar-refractivity contribution in [3.63, 3.8) is 0 Å². The smallest absolute Gasteiger partial charge is 0.430 e. The zero-order chi connectivity index (χ0) is 31.5. The van der Waals surface area contributed by atoms with Crippen molar-refractivity contribution < 1.29 is 50.9 Å². The van der Waals surface area contributed by atoms with Crippen LogP contribution in [0.25, 0.3) is 0 Å². The zero-order valence-corrected chi connectivity index (χ0v) is 23.5. The number of halogens is 6. The van der Waals surface area contributed by atoms with Gasteiger partial charge in [-0.05, 0) is 73.6 Å². The molecular weight excluding hydrogens is 570 g/mol. The minimum atomic E-state index is -6.00. The van der Waals surface area contributed by atoms with E-state index in [-0.39, 0.29) is 48.6 Å². The average molecular weight is 605 g/mol. The number of aromatic hydroxyl groups is 1. The van der Waals surface area contributed by atoms with E-state index in [0.717, 1.165) is 4.90 Å². The lowest BCUT2D eigenvalue weighted by Crippen LogP contribution is -2.54. The van der Waals surface area contributed by atoms with Crippen LogP contribution in [0.2, 0.25) is 0 Å². The largest absolute Gasteiger partial charge is 0.508 e. The number of hydrogen-bond acceptors (Lipinski definition) is 5. The Hall–Kier alpha value is -3.48. The van der Waals surface area contributed by atoms with Crippen molar-refractivity contribution in [3.8, 4) is 11.5 Å². The number of aryl methyl sites for hydroxylation is 2. The molecule has 7 nitrogen and oxygen atoms in total. The predicted molar refractivity (Wildman–Crippen MR) is 141 cm³/mol. The van der Waals surface area contributed by atoms with Gasteiger partial charge in [-0.2, -0.15) is 26.3 Å². The van der Waals surface area contributed by atoms with E-state index in [1.807, 2.05) is 0 Å². The summed E-state index contributed by atoms with van der Waals surface area (Å²) in [4.78, 5) is 26.7. The van der Waals surface area contributed by atoms with E-state index >= 15 is 0 Å². The Morgan fingerprint density at radius 2 is 1.43 bits per heavy atom. The normalized spacial score (nSPS) is 18.0. The van der Waals surface area contributed by atoms with Gasteiger partial charge in [-0.3, -0.25) is 9.69 Å². The van der Waals surface area contributed by atoms with Crippen LogP contribution >= 0.6 is 0 Å². The van der Waals surface area contributed by atoms with Gasteiger partial charge < -0.3 is 20.3 Å². The van der Waals surface area contributed by atoms with E-state index in [0.29, 0.717) is 43.4 Å². The summed E-state index contributed by atoms with van der Waals surface area (Å²) in [6.45, 7) is 5.04. The van der Waals surface area contributed by atoms with Crippen molar-refractivity contribution in [2.24, 2.45) is 0 Å². The second-order valence-electron chi connectivity index (χ2n) is 10.4. The number of carbonyl (C=O) groups excluding carboxylic acids is 2. The quantitative estimate of drug-likeness (QED) is 0.152. The van der Waals surface area contributed by atoms with Crippen LogP contribution in [-0.2, 0) is 28.8 Å². The summed E-state index contributed by atoms with van der Waals surface area (Å²) in [5, 5.41) is 22.2. The van der Waals surface area contributed by atoms with Crippen molar-refractivity contribution in [1.82, 2.24) is 10.2 Å². The predicted octanol–water partition coefficient (Wildman–Crippen LogP) is 6.24. The van der Waals surface area contributed by atoms with Crippen molar-refractivity contribution in [1.29, 1.82) is 0 Å². The maximum atomic E-state index is 13.6. The summed E-state index contributed by atoms with van der Waals surface area (Å²) in [6.07, 6.45) is -10.3. The number of urea groups is 1. The number of phenols is 1. The molecule has 1 fully saturated rings. The van der Waals surface area contributed by atoms with Crippen molar-refractivity contribution in [2.45, 2.75) is 82.8 Å². The third-order valence-electron chi connectivity index (χ3n) is 7.26. The molecule has 3 rings (SSSR count). The number of aliphatic hydroxyl groups is 1. The third kappa shape index (κ3) is 6.30. The second kappa shape index (κ2) is 12.4. The number of alkyl halides is 6. The molecule has 3 amide bonds. The molecule has 1 heterocycles. The van der Waals surface area contributed by atoms with E-state index in [1.54, 1.807) is 20.8 Å². The molecule has 0 saturated carbocycles. The fourth-order valence-electron chi connectivity index (χ4n) is 4.98. The Bertz CT molecular complexity index is 1240. The van der Waals surface area contributed by atoms with Crippen LogP contribution in [0.5, 0.6) is 11.5 Å². The number of nitrogens with one attached hydrogen (secondary N) is 1. The van der Waals surface area contributed by atoms with Crippen LogP contribution in [0.1, 0.15) is 68.7 Å². The van der Waals surface area contributed by atoms with Crippen molar-refractivity contribution >= 4 is 11.9 Å². The van der Waals surface area contributed by atoms with E-state index < -0.39 is 41.0 Å². The first-order valence-electron chi connectivity index (χ1n) is 13.6. The number of phenolic OH excluding ortho intramolecular Hbond substituents is 1. The summed E-state index contributed by atoms with van der Waals surface area (Å²) < 4.78 is 87.4. The number of hydrogen-bond donors (Lipinski definition) is 3.